The summed E-state index contributed by atoms with van der Waals surface area (Å²) in [4.78, 5) is 0. The molecule has 2 fully saturated rings. The Labute approximate surface area is 113 Å². The van der Waals surface area contributed by atoms with Crippen molar-refractivity contribution in [2.24, 2.45) is 11.8 Å². The molecule has 0 aromatic carbocycles. The Morgan fingerprint density at radius 2 is 1.61 bits per heavy atom. The molecule has 2 rings (SSSR count). The van der Waals surface area contributed by atoms with Gasteiger partial charge in [-0.25, -0.2) is 0 Å². The van der Waals surface area contributed by atoms with Crippen LogP contribution in [0.15, 0.2) is 0 Å². The minimum atomic E-state index is 0.530. The summed E-state index contributed by atoms with van der Waals surface area (Å²) in [6, 6.07) is 0.763. The number of rotatable bonds is 5. The molecule has 0 radical (unpaired) electrons. The van der Waals surface area contributed by atoms with Crippen molar-refractivity contribution in [1.29, 1.82) is 0 Å². The number of nitrogens with one attached hydrogen (secondary N) is 1. The third kappa shape index (κ3) is 4.55. The molecule has 0 spiro atoms. The summed E-state index contributed by atoms with van der Waals surface area (Å²) in [5, 5.41) is 3.77. The molecule has 2 heteroatoms. The van der Waals surface area contributed by atoms with E-state index in [2.05, 4.69) is 12.2 Å². The fourth-order valence-electron chi connectivity index (χ4n) is 3.61. The quantitative estimate of drug-likeness (QED) is 0.805. The van der Waals surface area contributed by atoms with Gasteiger partial charge in [-0.05, 0) is 50.5 Å². The Bertz CT molecular complexity index is 215. The van der Waals surface area contributed by atoms with Crippen molar-refractivity contribution < 1.29 is 4.74 Å². The Morgan fingerprint density at radius 1 is 0.944 bits per heavy atom. The maximum Gasteiger partial charge on any atom is 0.0572 e. The van der Waals surface area contributed by atoms with E-state index in [1.165, 1.54) is 64.3 Å². The Morgan fingerprint density at radius 3 is 2.22 bits per heavy atom. The summed E-state index contributed by atoms with van der Waals surface area (Å²) in [7, 11) is 1.85. The van der Waals surface area contributed by atoms with E-state index in [-0.39, 0.29) is 0 Å². The van der Waals surface area contributed by atoms with Crippen LogP contribution in [0.2, 0.25) is 0 Å². The zero-order valence-electron chi connectivity index (χ0n) is 12.3. The van der Waals surface area contributed by atoms with Gasteiger partial charge in [-0.2, -0.15) is 0 Å². The van der Waals surface area contributed by atoms with Gasteiger partial charge in [0, 0.05) is 13.2 Å². The Balaban J connectivity index is 1.53. The predicted molar refractivity (Wildman–Crippen MR) is 76.8 cm³/mol. The SMILES string of the molecule is COC1CCC(NCCC2CCC(C)CC2)CC1. The van der Waals surface area contributed by atoms with E-state index in [0.717, 1.165) is 17.9 Å². The average Bonchev–Trinajstić information content (AvgIpc) is 2.42. The second-order valence-electron chi connectivity index (χ2n) is 6.58. The lowest BCUT2D eigenvalue weighted by atomic mass is 9.81. The highest BCUT2D eigenvalue weighted by Gasteiger charge is 2.21. The molecule has 0 aromatic rings. The van der Waals surface area contributed by atoms with Crippen molar-refractivity contribution in [1.82, 2.24) is 5.32 Å². The minimum Gasteiger partial charge on any atom is -0.381 e. The minimum absolute atomic E-state index is 0.530. The van der Waals surface area contributed by atoms with E-state index in [0.29, 0.717) is 6.10 Å². The van der Waals surface area contributed by atoms with Crippen molar-refractivity contribution in [3.63, 3.8) is 0 Å². The summed E-state index contributed by atoms with van der Waals surface area (Å²) < 4.78 is 5.42. The first kappa shape index (κ1) is 14.3. The van der Waals surface area contributed by atoms with Gasteiger partial charge in [0.25, 0.3) is 0 Å². The lowest BCUT2D eigenvalue weighted by Gasteiger charge is -2.30. The standard InChI is InChI=1S/C16H31NO/c1-13-3-5-14(6-4-13)11-12-17-15-7-9-16(18-2)10-8-15/h13-17H,3-12H2,1-2H3. The Hall–Kier alpha value is -0.0800. The average molecular weight is 253 g/mol. The number of methoxy groups -OCH3 is 1. The van der Waals surface area contributed by atoms with Gasteiger partial charge in [-0.1, -0.05) is 32.6 Å². The molecule has 18 heavy (non-hydrogen) atoms. The van der Waals surface area contributed by atoms with Crippen LogP contribution in [0.4, 0.5) is 0 Å². The highest BCUT2D eigenvalue weighted by Crippen LogP contribution is 2.30. The van der Waals surface area contributed by atoms with Gasteiger partial charge in [-0.3, -0.25) is 0 Å². The molecular weight excluding hydrogens is 222 g/mol. The molecule has 0 atom stereocenters. The topological polar surface area (TPSA) is 21.3 Å². The van der Waals surface area contributed by atoms with Crippen LogP contribution in [-0.2, 0) is 4.74 Å². The van der Waals surface area contributed by atoms with Gasteiger partial charge in [0.05, 0.1) is 6.10 Å². The molecule has 2 aliphatic carbocycles. The van der Waals surface area contributed by atoms with Gasteiger partial charge in [0.1, 0.15) is 0 Å². The molecule has 0 bridgehead atoms. The number of hydrogen-bond acceptors (Lipinski definition) is 2. The maximum atomic E-state index is 5.42. The Kier molecular flexibility index (Phi) is 5.97. The monoisotopic (exact) mass is 253 g/mol. The maximum absolute atomic E-state index is 5.42. The summed E-state index contributed by atoms with van der Waals surface area (Å²) >= 11 is 0. The zero-order chi connectivity index (χ0) is 12.8. The number of ether oxygens (including phenoxy) is 1. The van der Waals surface area contributed by atoms with Crippen molar-refractivity contribution in [2.75, 3.05) is 13.7 Å². The van der Waals surface area contributed by atoms with Crippen LogP contribution in [0, 0.1) is 11.8 Å². The van der Waals surface area contributed by atoms with Crippen LogP contribution in [0.1, 0.15) is 64.7 Å². The first-order chi connectivity index (χ1) is 8.78. The van der Waals surface area contributed by atoms with Crippen LogP contribution < -0.4 is 5.32 Å². The molecule has 106 valence electrons. The summed E-state index contributed by atoms with van der Waals surface area (Å²) in [6.07, 6.45) is 12.9. The van der Waals surface area contributed by atoms with Crippen LogP contribution in [0.25, 0.3) is 0 Å². The molecule has 1 N–H and O–H groups in total. The summed E-state index contributed by atoms with van der Waals surface area (Å²) in [6.45, 7) is 3.64. The molecule has 2 nitrogen and oxygen atoms in total. The second kappa shape index (κ2) is 7.49. The largest absolute Gasteiger partial charge is 0.381 e. The van der Waals surface area contributed by atoms with E-state index in [4.69, 9.17) is 4.74 Å². The van der Waals surface area contributed by atoms with Crippen molar-refractivity contribution in [3.8, 4) is 0 Å². The van der Waals surface area contributed by atoms with E-state index >= 15 is 0 Å². The second-order valence-corrected chi connectivity index (χ2v) is 6.58. The van der Waals surface area contributed by atoms with Crippen molar-refractivity contribution >= 4 is 0 Å². The lowest BCUT2D eigenvalue weighted by molar-refractivity contribution is 0.0623. The van der Waals surface area contributed by atoms with Crippen LogP contribution >= 0.6 is 0 Å². The van der Waals surface area contributed by atoms with Gasteiger partial charge in [0.2, 0.25) is 0 Å². The van der Waals surface area contributed by atoms with Gasteiger partial charge in [-0.15, -0.1) is 0 Å². The molecule has 0 saturated heterocycles. The van der Waals surface area contributed by atoms with E-state index in [1.807, 2.05) is 7.11 Å². The van der Waals surface area contributed by atoms with Gasteiger partial charge >= 0.3 is 0 Å². The first-order valence-corrected chi connectivity index (χ1v) is 8.04. The highest BCUT2D eigenvalue weighted by molar-refractivity contribution is 4.78. The van der Waals surface area contributed by atoms with Crippen LogP contribution in [0.3, 0.4) is 0 Å². The summed E-state index contributed by atoms with van der Waals surface area (Å²) in [5.74, 6) is 1.99. The molecule has 0 aromatic heterocycles. The van der Waals surface area contributed by atoms with Crippen LogP contribution in [-0.4, -0.2) is 25.8 Å². The van der Waals surface area contributed by atoms with Crippen molar-refractivity contribution in [3.05, 3.63) is 0 Å². The van der Waals surface area contributed by atoms with Gasteiger partial charge < -0.3 is 10.1 Å². The smallest absolute Gasteiger partial charge is 0.0572 e. The first-order valence-electron chi connectivity index (χ1n) is 8.04. The van der Waals surface area contributed by atoms with Gasteiger partial charge in [0.15, 0.2) is 0 Å². The lowest BCUT2D eigenvalue weighted by Crippen LogP contribution is -2.36. The molecular formula is C16H31NO. The normalized spacial score (nSPS) is 37.7. The fourth-order valence-corrected chi connectivity index (χ4v) is 3.61. The van der Waals surface area contributed by atoms with E-state index < -0.39 is 0 Å². The highest BCUT2D eigenvalue weighted by atomic mass is 16.5. The number of hydrogen-bond donors (Lipinski definition) is 1. The molecule has 0 aliphatic heterocycles. The van der Waals surface area contributed by atoms with Crippen LogP contribution in [0.5, 0.6) is 0 Å². The fraction of sp³-hybridized carbons (Fsp3) is 1.00. The van der Waals surface area contributed by atoms with E-state index in [1.54, 1.807) is 0 Å². The van der Waals surface area contributed by atoms with E-state index in [9.17, 15) is 0 Å². The molecule has 2 aliphatic rings. The third-order valence-electron chi connectivity index (χ3n) is 5.13. The summed E-state index contributed by atoms with van der Waals surface area (Å²) in [5.41, 5.74) is 0. The molecule has 2 saturated carbocycles. The molecule has 0 unspecified atom stereocenters. The van der Waals surface area contributed by atoms with Crippen molar-refractivity contribution in [2.45, 2.75) is 76.9 Å². The molecule has 0 amide bonds. The molecule has 0 heterocycles. The predicted octanol–water partition coefficient (Wildman–Crippen LogP) is 3.75. The zero-order valence-corrected chi connectivity index (χ0v) is 12.3. The third-order valence-corrected chi connectivity index (χ3v) is 5.13.